The first-order chi connectivity index (χ1) is 14.5. The van der Waals surface area contributed by atoms with Gasteiger partial charge >= 0.3 is 6.03 Å². The Morgan fingerprint density at radius 1 is 1.17 bits per heavy atom. The summed E-state index contributed by atoms with van der Waals surface area (Å²) >= 11 is 6.04. The van der Waals surface area contributed by atoms with E-state index in [1.54, 1.807) is 19.3 Å². The van der Waals surface area contributed by atoms with Crippen molar-refractivity contribution < 1.29 is 14.3 Å². The van der Waals surface area contributed by atoms with E-state index < -0.39 is 24.0 Å². The number of halogens is 2. The zero-order valence-electron chi connectivity index (χ0n) is 16.5. The maximum Gasteiger partial charge on any atom is 0.315 e. The van der Waals surface area contributed by atoms with Crippen molar-refractivity contribution >= 4 is 17.6 Å². The molecule has 30 heavy (non-hydrogen) atoms. The number of aliphatic hydroxyl groups is 1. The lowest BCUT2D eigenvalue weighted by Crippen LogP contribution is -2.44. The van der Waals surface area contributed by atoms with Crippen LogP contribution in [0.1, 0.15) is 30.6 Å². The SMILES string of the molecule is CCC(NC(=O)NCc1cccc(-c2cccnc2)c1)C(O)c1c(F)cccc1Cl. The minimum atomic E-state index is -1.26. The van der Waals surface area contributed by atoms with Gasteiger partial charge in [0.1, 0.15) is 11.9 Å². The van der Waals surface area contributed by atoms with Gasteiger partial charge in [0.15, 0.2) is 0 Å². The lowest BCUT2D eigenvalue weighted by atomic mass is 10.00. The summed E-state index contributed by atoms with van der Waals surface area (Å²) in [5.74, 6) is -0.608. The van der Waals surface area contributed by atoms with Crippen LogP contribution in [0.15, 0.2) is 67.0 Å². The lowest BCUT2D eigenvalue weighted by molar-refractivity contribution is 0.124. The number of aliphatic hydroxyl groups excluding tert-OH is 1. The number of urea groups is 1. The Morgan fingerprint density at radius 2 is 1.93 bits per heavy atom. The minimum Gasteiger partial charge on any atom is -0.386 e. The third kappa shape index (κ3) is 5.34. The quantitative estimate of drug-likeness (QED) is 0.504. The van der Waals surface area contributed by atoms with Crippen LogP contribution in [-0.2, 0) is 6.54 Å². The molecule has 0 saturated carbocycles. The number of hydrogen-bond donors (Lipinski definition) is 3. The van der Waals surface area contributed by atoms with Gasteiger partial charge in [-0.25, -0.2) is 9.18 Å². The van der Waals surface area contributed by atoms with E-state index in [9.17, 15) is 14.3 Å². The molecule has 3 N–H and O–H groups in total. The summed E-state index contributed by atoms with van der Waals surface area (Å²) in [4.78, 5) is 16.5. The molecule has 0 radical (unpaired) electrons. The summed E-state index contributed by atoms with van der Waals surface area (Å²) in [5.41, 5.74) is 2.88. The molecule has 0 aliphatic heterocycles. The second-order valence-corrected chi connectivity index (χ2v) is 7.27. The summed E-state index contributed by atoms with van der Waals surface area (Å²) in [5, 5.41) is 16.2. The Hall–Kier alpha value is -2.96. The van der Waals surface area contributed by atoms with Gasteiger partial charge in [-0.05, 0) is 47.4 Å². The summed E-state index contributed by atoms with van der Waals surface area (Å²) in [6.07, 6.45) is 2.63. The first kappa shape index (κ1) is 21.7. The van der Waals surface area contributed by atoms with E-state index in [0.717, 1.165) is 16.7 Å². The molecule has 7 heteroatoms. The number of nitrogens with zero attached hydrogens (tertiary/aromatic N) is 1. The van der Waals surface area contributed by atoms with E-state index in [2.05, 4.69) is 15.6 Å². The predicted octanol–water partition coefficient (Wildman–Crippen LogP) is 4.85. The van der Waals surface area contributed by atoms with Gasteiger partial charge in [0.2, 0.25) is 0 Å². The van der Waals surface area contributed by atoms with Crippen LogP contribution in [0.25, 0.3) is 11.1 Å². The molecule has 0 aliphatic carbocycles. The molecule has 2 unspecified atom stereocenters. The molecule has 2 amide bonds. The second-order valence-electron chi connectivity index (χ2n) is 6.86. The van der Waals surface area contributed by atoms with Crippen LogP contribution >= 0.6 is 11.6 Å². The molecule has 2 aromatic carbocycles. The zero-order chi connectivity index (χ0) is 21.5. The third-order valence-corrected chi connectivity index (χ3v) is 5.14. The molecule has 0 fully saturated rings. The van der Waals surface area contributed by atoms with Crippen LogP contribution in [-0.4, -0.2) is 22.2 Å². The molecule has 0 aliphatic rings. The average Bonchev–Trinajstić information content (AvgIpc) is 2.76. The fraction of sp³-hybridized carbons (Fsp3) is 0.217. The largest absolute Gasteiger partial charge is 0.386 e. The maximum absolute atomic E-state index is 14.1. The summed E-state index contributed by atoms with van der Waals surface area (Å²) in [6.45, 7) is 2.09. The molecule has 1 heterocycles. The van der Waals surface area contributed by atoms with E-state index in [0.29, 0.717) is 13.0 Å². The van der Waals surface area contributed by atoms with Gasteiger partial charge in [-0.15, -0.1) is 0 Å². The topological polar surface area (TPSA) is 74.2 Å². The van der Waals surface area contributed by atoms with Crippen molar-refractivity contribution in [1.82, 2.24) is 15.6 Å². The number of benzene rings is 2. The number of aromatic nitrogens is 1. The van der Waals surface area contributed by atoms with Crippen LogP contribution in [0.4, 0.5) is 9.18 Å². The smallest absolute Gasteiger partial charge is 0.315 e. The summed E-state index contributed by atoms with van der Waals surface area (Å²) in [7, 11) is 0. The summed E-state index contributed by atoms with van der Waals surface area (Å²) in [6, 6.07) is 14.7. The molecule has 0 bridgehead atoms. The van der Waals surface area contributed by atoms with E-state index in [4.69, 9.17) is 11.6 Å². The second kappa shape index (κ2) is 10.2. The number of pyridine rings is 1. The minimum absolute atomic E-state index is 0.0181. The Bertz CT molecular complexity index is 980. The van der Waals surface area contributed by atoms with Crippen molar-refractivity contribution in [3.8, 4) is 11.1 Å². The van der Waals surface area contributed by atoms with Crippen LogP contribution < -0.4 is 10.6 Å². The predicted molar refractivity (Wildman–Crippen MR) is 115 cm³/mol. The fourth-order valence-corrected chi connectivity index (χ4v) is 3.47. The van der Waals surface area contributed by atoms with Crippen LogP contribution in [0, 0.1) is 5.82 Å². The Kier molecular flexibility index (Phi) is 7.38. The molecule has 3 aromatic rings. The lowest BCUT2D eigenvalue weighted by Gasteiger charge is -2.24. The highest BCUT2D eigenvalue weighted by Crippen LogP contribution is 2.29. The van der Waals surface area contributed by atoms with Crippen molar-refractivity contribution in [3.05, 3.63) is 89.0 Å². The molecule has 0 saturated heterocycles. The monoisotopic (exact) mass is 427 g/mol. The summed E-state index contributed by atoms with van der Waals surface area (Å²) < 4.78 is 14.1. The normalized spacial score (nSPS) is 12.8. The molecule has 0 spiro atoms. The number of hydrogen-bond acceptors (Lipinski definition) is 3. The molecule has 2 atom stereocenters. The van der Waals surface area contributed by atoms with Crippen molar-refractivity contribution in [2.24, 2.45) is 0 Å². The van der Waals surface area contributed by atoms with Gasteiger partial charge < -0.3 is 15.7 Å². The van der Waals surface area contributed by atoms with E-state index in [-0.39, 0.29) is 10.6 Å². The van der Waals surface area contributed by atoms with Crippen molar-refractivity contribution in [2.75, 3.05) is 0 Å². The van der Waals surface area contributed by atoms with Gasteiger partial charge in [0.25, 0.3) is 0 Å². The average molecular weight is 428 g/mol. The fourth-order valence-electron chi connectivity index (χ4n) is 3.19. The molecule has 1 aromatic heterocycles. The van der Waals surface area contributed by atoms with Crippen LogP contribution in [0.5, 0.6) is 0 Å². The Morgan fingerprint density at radius 3 is 2.63 bits per heavy atom. The number of nitrogens with one attached hydrogen (secondary N) is 2. The van der Waals surface area contributed by atoms with Crippen LogP contribution in [0.3, 0.4) is 0 Å². The Balaban J connectivity index is 1.62. The van der Waals surface area contributed by atoms with Gasteiger partial charge in [-0.2, -0.15) is 0 Å². The van der Waals surface area contributed by atoms with Crippen molar-refractivity contribution in [3.63, 3.8) is 0 Å². The van der Waals surface area contributed by atoms with E-state index in [1.165, 1.54) is 18.2 Å². The highest BCUT2D eigenvalue weighted by molar-refractivity contribution is 6.31. The maximum atomic E-state index is 14.1. The number of carbonyl (C=O) groups excluding carboxylic acids is 1. The molecule has 5 nitrogen and oxygen atoms in total. The molecular weight excluding hydrogens is 405 g/mol. The van der Waals surface area contributed by atoms with Crippen LogP contribution in [0.2, 0.25) is 5.02 Å². The molecule has 3 rings (SSSR count). The van der Waals surface area contributed by atoms with Gasteiger partial charge in [-0.1, -0.05) is 48.9 Å². The number of carbonyl (C=O) groups is 1. The van der Waals surface area contributed by atoms with Gasteiger partial charge in [0.05, 0.1) is 6.04 Å². The van der Waals surface area contributed by atoms with E-state index in [1.807, 2.05) is 36.4 Å². The van der Waals surface area contributed by atoms with Gasteiger partial charge in [-0.3, -0.25) is 4.98 Å². The van der Waals surface area contributed by atoms with E-state index >= 15 is 0 Å². The highest BCUT2D eigenvalue weighted by Gasteiger charge is 2.25. The Labute approximate surface area is 179 Å². The standard InChI is InChI=1S/C23H23ClFN3O2/c1-2-20(22(29)21-18(24)9-4-10-19(21)25)28-23(30)27-13-15-6-3-7-16(12-15)17-8-5-11-26-14-17/h3-12,14,20,22,29H,2,13H2,1H3,(H2,27,28,30). The number of rotatable bonds is 7. The third-order valence-electron chi connectivity index (χ3n) is 4.81. The zero-order valence-corrected chi connectivity index (χ0v) is 17.2. The first-order valence-corrected chi connectivity index (χ1v) is 10.0. The molecular formula is C23H23ClFN3O2. The highest BCUT2D eigenvalue weighted by atomic mass is 35.5. The van der Waals surface area contributed by atoms with Gasteiger partial charge in [0, 0.05) is 29.5 Å². The first-order valence-electron chi connectivity index (χ1n) is 9.65. The molecule has 156 valence electrons. The number of amides is 2. The van der Waals surface area contributed by atoms with Crippen molar-refractivity contribution in [1.29, 1.82) is 0 Å². The van der Waals surface area contributed by atoms with Crippen molar-refractivity contribution in [2.45, 2.75) is 32.0 Å².